The minimum absolute atomic E-state index is 0.119. The van der Waals surface area contributed by atoms with E-state index < -0.39 is 11.4 Å². The fraction of sp³-hybridized carbons (Fsp3) is 0.600. The Balaban J connectivity index is 1.82. The number of benzene rings is 1. The van der Waals surface area contributed by atoms with Crippen molar-refractivity contribution in [1.82, 2.24) is 4.90 Å². The molecule has 0 bridgehead atoms. The molecule has 26 heavy (non-hydrogen) atoms. The number of hydrogen-bond donors (Lipinski definition) is 1. The van der Waals surface area contributed by atoms with Crippen molar-refractivity contribution >= 4 is 23.5 Å². The number of hydrogen-bond acceptors (Lipinski definition) is 3. The summed E-state index contributed by atoms with van der Waals surface area (Å²) in [5, 5.41) is 9.56. The van der Waals surface area contributed by atoms with Crippen LogP contribution in [0.5, 0.6) is 0 Å². The van der Waals surface area contributed by atoms with Crippen LogP contribution >= 0.6 is 11.6 Å². The van der Waals surface area contributed by atoms with Gasteiger partial charge in [-0.05, 0) is 49.7 Å². The lowest BCUT2D eigenvalue weighted by Crippen LogP contribution is -2.52. The highest BCUT2D eigenvalue weighted by Crippen LogP contribution is 2.41. The van der Waals surface area contributed by atoms with Crippen molar-refractivity contribution in [2.75, 3.05) is 26.3 Å². The Kier molecular flexibility index (Phi) is 6.20. The van der Waals surface area contributed by atoms with Crippen LogP contribution in [0.4, 0.5) is 0 Å². The molecule has 1 amide bonds. The third kappa shape index (κ3) is 4.04. The molecular weight excluding hydrogens is 354 g/mol. The fourth-order valence-electron chi connectivity index (χ4n) is 4.28. The number of carboxylic acid groups (broad SMARTS) is 1. The highest BCUT2D eigenvalue weighted by molar-refractivity contribution is 6.31. The van der Waals surface area contributed by atoms with E-state index in [9.17, 15) is 9.59 Å². The van der Waals surface area contributed by atoms with Crippen LogP contribution in [0.15, 0.2) is 24.3 Å². The molecule has 2 fully saturated rings. The molecule has 0 saturated carbocycles. The maximum atomic E-state index is 13.6. The van der Waals surface area contributed by atoms with Gasteiger partial charge in [0, 0.05) is 37.7 Å². The normalized spacial score (nSPS) is 22.8. The van der Waals surface area contributed by atoms with Gasteiger partial charge in [-0.25, -0.2) is 0 Å². The van der Waals surface area contributed by atoms with Crippen molar-refractivity contribution < 1.29 is 19.4 Å². The van der Waals surface area contributed by atoms with Gasteiger partial charge in [-0.1, -0.05) is 29.8 Å². The predicted octanol–water partition coefficient (Wildman–Crippen LogP) is 3.49. The molecule has 0 aliphatic carbocycles. The Morgan fingerprint density at radius 3 is 2.69 bits per heavy atom. The molecule has 1 atom stereocenters. The number of amides is 1. The van der Waals surface area contributed by atoms with Crippen LogP contribution in [0.25, 0.3) is 0 Å². The van der Waals surface area contributed by atoms with Gasteiger partial charge in [0.2, 0.25) is 5.91 Å². The van der Waals surface area contributed by atoms with Crippen molar-refractivity contribution in [3.05, 3.63) is 34.9 Å². The maximum Gasteiger partial charge on any atom is 0.303 e. The summed E-state index contributed by atoms with van der Waals surface area (Å²) in [5.41, 5.74) is 0.258. The summed E-state index contributed by atoms with van der Waals surface area (Å²) >= 11 is 6.47. The van der Waals surface area contributed by atoms with E-state index in [1.54, 1.807) is 0 Å². The molecule has 1 aromatic carbocycles. The van der Waals surface area contributed by atoms with Crippen LogP contribution in [0, 0.1) is 5.92 Å². The van der Waals surface area contributed by atoms with Gasteiger partial charge < -0.3 is 14.7 Å². The average Bonchev–Trinajstić information content (AvgIpc) is 2.67. The van der Waals surface area contributed by atoms with Gasteiger partial charge in [0.05, 0.1) is 5.41 Å². The van der Waals surface area contributed by atoms with E-state index in [1.807, 2.05) is 29.2 Å². The second-order valence-electron chi connectivity index (χ2n) is 7.37. The molecule has 0 spiro atoms. The zero-order chi connectivity index (χ0) is 18.6. The lowest BCUT2D eigenvalue weighted by Gasteiger charge is -2.43. The summed E-state index contributed by atoms with van der Waals surface area (Å²) < 4.78 is 5.53. The Bertz CT molecular complexity index is 657. The van der Waals surface area contributed by atoms with Crippen LogP contribution in [0.2, 0.25) is 5.02 Å². The summed E-state index contributed by atoms with van der Waals surface area (Å²) in [7, 11) is 0. The van der Waals surface area contributed by atoms with Gasteiger partial charge in [-0.15, -0.1) is 0 Å². The number of carbonyl (C=O) groups excluding carboxylic acids is 1. The standard InChI is InChI=1S/C20H26ClNO4/c21-17-6-2-1-5-16(17)20(9-12-26-13-10-20)19(25)22-11-3-4-15(14-22)7-8-18(23)24/h1-2,5-6,15H,3-4,7-14H2,(H,23,24)/t15-/m0/s1. The molecule has 1 aromatic rings. The quantitative estimate of drug-likeness (QED) is 0.850. The summed E-state index contributed by atoms with van der Waals surface area (Å²) in [6.45, 7) is 2.47. The Morgan fingerprint density at radius 1 is 1.27 bits per heavy atom. The lowest BCUT2D eigenvalue weighted by molar-refractivity contribution is -0.143. The van der Waals surface area contributed by atoms with Crippen molar-refractivity contribution in [2.24, 2.45) is 5.92 Å². The second-order valence-corrected chi connectivity index (χ2v) is 7.77. The predicted molar refractivity (Wildman–Crippen MR) is 99.4 cm³/mol. The largest absolute Gasteiger partial charge is 0.481 e. The molecule has 0 unspecified atom stereocenters. The monoisotopic (exact) mass is 379 g/mol. The SMILES string of the molecule is O=C(O)CC[C@@H]1CCCN(C(=O)C2(c3ccccc3Cl)CCOCC2)C1. The van der Waals surface area contributed by atoms with E-state index in [1.165, 1.54) is 0 Å². The van der Waals surface area contributed by atoms with E-state index in [0.29, 0.717) is 44.0 Å². The number of carboxylic acids is 1. The third-order valence-corrected chi connectivity index (χ3v) is 6.05. The van der Waals surface area contributed by atoms with Gasteiger partial charge in [0.25, 0.3) is 0 Å². The molecular formula is C20H26ClNO4. The molecule has 2 aliphatic rings. The number of halogens is 1. The number of carbonyl (C=O) groups is 2. The van der Waals surface area contributed by atoms with Crippen LogP contribution in [0.1, 0.15) is 44.1 Å². The number of nitrogens with zero attached hydrogens (tertiary/aromatic N) is 1. The minimum atomic E-state index is -0.773. The maximum absolute atomic E-state index is 13.6. The Morgan fingerprint density at radius 2 is 2.00 bits per heavy atom. The first-order chi connectivity index (χ1) is 12.5. The van der Waals surface area contributed by atoms with E-state index >= 15 is 0 Å². The third-order valence-electron chi connectivity index (χ3n) is 5.72. The first-order valence-corrected chi connectivity index (χ1v) is 9.74. The Hall–Kier alpha value is -1.59. The smallest absolute Gasteiger partial charge is 0.303 e. The van der Waals surface area contributed by atoms with Gasteiger partial charge in [-0.2, -0.15) is 0 Å². The van der Waals surface area contributed by atoms with Crippen LogP contribution in [-0.4, -0.2) is 48.2 Å². The Labute approximate surface area is 159 Å². The number of ether oxygens (including phenoxy) is 1. The molecule has 1 N–H and O–H groups in total. The zero-order valence-electron chi connectivity index (χ0n) is 15.0. The van der Waals surface area contributed by atoms with Crippen molar-refractivity contribution in [3.63, 3.8) is 0 Å². The molecule has 2 aliphatic heterocycles. The fourth-order valence-corrected chi connectivity index (χ4v) is 4.60. The van der Waals surface area contributed by atoms with Crippen molar-refractivity contribution in [1.29, 1.82) is 0 Å². The minimum Gasteiger partial charge on any atom is -0.481 e. The highest BCUT2D eigenvalue weighted by Gasteiger charge is 2.45. The van der Waals surface area contributed by atoms with Crippen molar-refractivity contribution in [3.8, 4) is 0 Å². The van der Waals surface area contributed by atoms with Crippen LogP contribution in [0.3, 0.4) is 0 Å². The second kappa shape index (κ2) is 8.40. The zero-order valence-corrected chi connectivity index (χ0v) is 15.7. The molecule has 0 aromatic heterocycles. The van der Waals surface area contributed by atoms with Gasteiger partial charge in [0.1, 0.15) is 0 Å². The molecule has 142 valence electrons. The first-order valence-electron chi connectivity index (χ1n) is 9.37. The first kappa shape index (κ1) is 19.2. The highest BCUT2D eigenvalue weighted by atomic mass is 35.5. The number of rotatable bonds is 5. The molecule has 6 heteroatoms. The number of aliphatic carboxylic acids is 1. The van der Waals surface area contributed by atoms with Crippen LogP contribution in [-0.2, 0) is 19.7 Å². The summed E-state index contributed by atoms with van der Waals surface area (Å²) in [6, 6.07) is 7.61. The van der Waals surface area contributed by atoms with Gasteiger partial charge in [-0.3, -0.25) is 9.59 Å². The van der Waals surface area contributed by atoms with E-state index in [2.05, 4.69) is 0 Å². The topological polar surface area (TPSA) is 66.8 Å². The molecule has 5 nitrogen and oxygen atoms in total. The molecule has 0 radical (unpaired) electrons. The lowest BCUT2D eigenvalue weighted by atomic mass is 9.72. The van der Waals surface area contributed by atoms with Crippen LogP contribution < -0.4 is 0 Å². The van der Waals surface area contributed by atoms with E-state index in [4.69, 9.17) is 21.4 Å². The summed E-state index contributed by atoms with van der Waals surface area (Å²) in [6.07, 6.45) is 3.96. The van der Waals surface area contributed by atoms with Crippen molar-refractivity contribution in [2.45, 2.75) is 43.9 Å². The number of piperidine rings is 1. The average molecular weight is 380 g/mol. The molecule has 2 saturated heterocycles. The van der Waals surface area contributed by atoms with Gasteiger partial charge in [0.15, 0.2) is 0 Å². The van der Waals surface area contributed by atoms with Gasteiger partial charge >= 0.3 is 5.97 Å². The summed E-state index contributed by atoms with van der Waals surface area (Å²) in [4.78, 5) is 26.4. The van der Waals surface area contributed by atoms with E-state index in [-0.39, 0.29) is 18.2 Å². The summed E-state index contributed by atoms with van der Waals surface area (Å²) in [5.74, 6) is -0.397. The number of likely N-dealkylation sites (tertiary alicyclic amines) is 1. The molecule has 3 rings (SSSR count). The van der Waals surface area contributed by atoms with E-state index in [0.717, 1.165) is 24.9 Å². The molecule has 2 heterocycles.